The van der Waals surface area contributed by atoms with Crippen molar-refractivity contribution in [1.82, 2.24) is 5.32 Å². The number of hydrogen-bond acceptors (Lipinski definition) is 6. The summed E-state index contributed by atoms with van der Waals surface area (Å²) in [5.74, 6) is 0. The number of rotatable bonds is 15. The minimum Gasteiger partial charge on any atom is -0.374 e. The Balaban J connectivity index is 4.42. The molecule has 5 N–H and O–H groups in total. The zero-order chi connectivity index (χ0) is 16.0. The molecule has 0 saturated carbocycles. The van der Waals surface area contributed by atoms with Crippen LogP contribution in [0.15, 0.2) is 0 Å². The first kappa shape index (κ1) is 21.0. The fraction of sp³-hybridized carbons (Fsp3) is 1.00. The fourth-order valence-electron chi connectivity index (χ4n) is 2.18. The highest BCUT2D eigenvalue weighted by atomic mass is 28.4. The SMILES string of the molecule is CCO[Si](CCCNCCN)(OCC)OC(C)CCCN. The van der Waals surface area contributed by atoms with Gasteiger partial charge < -0.3 is 30.1 Å². The van der Waals surface area contributed by atoms with Crippen LogP contribution in [0.3, 0.4) is 0 Å². The monoisotopic (exact) mass is 321 g/mol. The van der Waals surface area contributed by atoms with E-state index < -0.39 is 8.80 Å². The second kappa shape index (κ2) is 13.6. The molecule has 0 spiro atoms. The maximum atomic E-state index is 6.21. The Hall–Kier alpha value is -0.0231. The highest BCUT2D eigenvalue weighted by molar-refractivity contribution is 6.60. The zero-order valence-electron chi connectivity index (χ0n) is 14.0. The van der Waals surface area contributed by atoms with Crippen LogP contribution < -0.4 is 16.8 Å². The van der Waals surface area contributed by atoms with Crippen LogP contribution in [-0.2, 0) is 13.3 Å². The molecule has 1 unspecified atom stereocenters. The largest absolute Gasteiger partial charge is 0.501 e. The first-order valence-electron chi connectivity index (χ1n) is 8.20. The Morgan fingerprint density at radius 1 is 1.00 bits per heavy atom. The van der Waals surface area contributed by atoms with E-state index in [0.29, 0.717) is 26.3 Å². The van der Waals surface area contributed by atoms with Gasteiger partial charge in [0.15, 0.2) is 0 Å². The molecule has 0 rings (SSSR count). The summed E-state index contributed by atoms with van der Waals surface area (Å²) in [6.07, 6.45) is 2.99. The van der Waals surface area contributed by atoms with Gasteiger partial charge in [-0.3, -0.25) is 0 Å². The third-order valence-electron chi connectivity index (χ3n) is 3.08. The second-order valence-corrected chi connectivity index (χ2v) is 7.73. The second-order valence-electron chi connectivity index (χ2n) is 5.05. The maximum Gasteiger partial charge on any atom is 0.501 e. The number of hydrogen-bond donors (Lipinski definition) is 3. The molecule has 21 heavy (non-hydrogen) atoms. The molecule has 1 atom stereocenters. The van der Waals surface area contributed by atoms with Gasteiger partial charge in [-0.2, -0.15) is 0 Å². The van der Waals surface area contributed by atoms with Gasteiger partial charge in [-0.15, -0.1) is 0 Å². The van der Waals surface area contributed by atoms with Crippen LogP contribution in [0.1, 0.15) is 40.0 Å². The summed E-state index contributed by atoms with van der Waals surface area (Å²) in [5.41, 5.74) is 11.0. The lowest BCUT2D eigenvalue weighted by Gasteiger charge is -2.32. The Bertz CT molecular complexity index is 230. The summed E-state index contributed by atoms with van der Waals surface area (Å²) in [5, 5.41) is 3.29. The molecule has 0 radical (unpaired) electrons. The van der Waals surface area contributed by atoms with Crippen molar-refractivity contribution in [2.45, 2.75) is 52.2 Å². The smallest absolute Gasteiger partial charge is 0.374 e. The Labute approximate surface area is 131 Å². The van der Waals surface area contributed by atoms with E-state index in [0.717, 1.165) is 38.4 Å². The third kappa shape index (κ3) is 10.3. The summed E-state index contributed by atoms with van der Waals surface area (Å²) in [6, 6.07) is 0.833. The maximum absolute atomic E-state index is 6.21. The molecule has 0 bridgehead atoms. The predicted octanol–water partition coefficient (Wildman–Crippen LogP) is 1.08. The van der Waals surface area contributed by atoms with E-state index in [2.05, 4.69) is 12.2 Å². The van der Waals surface area contributed by atoms with Gasteiger partial charge in [-0.25, -0.2) is 0 Å². The van der Waals surface area contributed by atoms with Gasteiger partial charge in [0.05, 0.1) is 0 Å². The van der Waals surface area contributed by atoms with Gasteiger partial charge in [0.25, 0.3) is 0 Å². The van der Waals surface area contributed by atoms with Gasteiger partial charge in [0.1, 0.15) is 0 Å². The van der Waals surface area contributed by atoms with Crippen molar-refractivity contribution in [2.75, 3.05) is 39.4 Å². The van der Waals surface area contributed by atoms with E-state index >= 15 is 0 Å². The van der Waals surface area contributed by atoms with Gasteiger partial charge in [-0.1, -0.05) is 0 Å². The van der Waals surface area contributed by atoms with Gasteiger partial charge >= 0.3 is 8.80 Å². The molecular formula is C14H35N3O3Si. The molecule has 0 aromatic heterocycles. The van der Waals surface area contributed by atoms with E-state index in [1.807, 2.05) is 13.8 Å². The quantitative estimate of drug-likeness (QED) is 0.309. The molecule has 0 aliphatic carbocycles. The summed E-state index contributed by atoms with van der Waals surface area (Å²) < 4.78 is 18.1. The van der Waals surface area contributed by atoms with Crippen molar-refractivity contribution in [3.63, 3.8) is 0 Å². The standard InChI is InChI=1S/C14H35N3O3Si/c1-4-18-21(19-5-2,13-7-11-17-12-10-16)20-14(3)8-6-9-15/h14,17H,4-13,15-16H2,1-3H3. The molecule has 0 aliphatic heterocycles. The van der Waals surface area contributed by atoms with Crippen molar-refractivity contribution in [2.24, 2.45) is 11.5 Å². The summed E-state index contributed by atoms with van der Waals surface area (Å²) in [7, 11) is -2.58. The molecule has 128 valence electrons. The topological polar surface area (TPSA) is 91.8 Å². The fourth-order valence-corrected chi connectivity index (χ4v) is 5.03. The van der Waals surface area contributed by atoms with Crippen LogP contribution >= 0.6 is 0 Å². The van der Waals surface area contributed by atoms with E-state index in [-0.39, 0.29) is 6.10 Å². The lowest BCUT2D eigenvalue weighted by atomic mass is 10.2. The van der Waals surface area contributed by atoms with Crippen LogP contribution in [0.25, 0.3) is 0 Å². The van der Waals surface area contributed by atoms with Crippen molar-refractivity contribution in [3.8, 4) is 0 Å². The van der Waals surface area contributed by atoms with Gasteiger partial charge in [-0.05, 0) is 53.1 Å². The van der Waals surface area contributed by atoms with Crippen LogP contribution in [-0.4, -0.2) is 54.3 Å². The molecule has 0 aromatic rings. The van der Waals surface area contributed by atoms with Crippen molar-refractivity contribution < 1.29 is 13.3 Å². The molecule has 6 nitrogen and oxygen atoms in total. The van der Waals surface area contributed by atoms with Crippen LogP contribution in [0.5, 0.6) is 0 Å². The van der Waals surface area contributed by atoms with Crippen LogP contribution in [0.4, 0.5) is 0 Å². The molecule has 0 aromatic carbocycles. The van der Waals surface area contributed by atoms with Crippen LogP contribution in [0.2, 0.25) is 6.04 Å². The Morgan fingerprint density at radius 3 is 2.19 bits per heavy atom. The minimum atomic E-state index is -2.58. The molecule has 0 saturated heterocycles. The van der Waals surface area contributed by atoms with Crippen molar-refractivity contribution in [3.05, 3.63) is 0 Å². The summed E-state index contributed by atoms with van der Waals surface area (Å²) in [6.45, 7) is 10.4. The van der Waals surface area contributed by atoms with Crippen molar-refractivity contribution >= 4 is 8.80 Å². The lowest BCUT2D eigenvalue weighted by Crippen LogP contribution is -2.48. The zero-order valence-corrected chi connectivity index (χ0v) is 15.0. The highest BCUT2D eigenvalue weighted by Crippen LogP contribution is 2.21. The van der Waals surface area contributed by atoms with E-state index in [1.165, 1.54) is 0 Å². The van der Waals surface area contributed by atoms with Gasteiger partial charge in [0, 0.05) is 38.5 Å². The Morgan fingerprint density at radius 2 is 1.67 bits per heavy atom. The average Bonchev–Trinajstić information content (AvgIpc) is 2.45. The molecule has 0 amide bonds. The lowest BCUT2D eigenvalue weighted by molar-refractivity contribution is 0.0348. The Kier molecular flexibility index (Phi) is 13.6. The first-order valence-corrected chi connectivity index (χ1v) is 10.1. The van der Waals surface area contributed by atoms with Crippen LogP contribution in [0, 0.1) is 0 Å². The molecule has 0 aliphatic rings. The highest BCUT2D eigenvalue weighted by Gasteiger charge is 2.41. The minimum absolute atomic E-state index is 0.121. The normalized spacial score (nSPS) is 13.6. The molecule has 7 heteroatoms. The molecule has 0 fully saturated rings. The molecule has 0 heterocycles. The van der Waals surface area contributed by atoms with Gasteiger partial charge in [0.2, 0.25) is 0 Å². The van der Waals surface area contributed by atoms with Crippen molar-refractivity contribution in [1.29, 1.82) is 0 Å². The summed E-state index contributed by atoms with van der Waals surface area (Å²) >= 11 is 0. The van der Waals surface area contributed by atoms with E-state index in [4.69, 9.17) is 24.7 Å². The van der Waals surface area contributed by atoms with E-state index in [9.17, 15) is 0 Å². The predicted molar refractivity (Wildman–Crippen MR) is 89.2 cm³/mol. The third-order valence-corrected chi connectivity index (χ3v) is 6.27. The van der Waals surface area contributed by atoms with E-state index in [1.54, 1.807) is 0 Å². The first-order chi connectivity index (χ1) is 10.1. The average molecular weight is 322 g/mol. The number of nitrogens with one attached hydrogen (secondary N) is 1. The molecular weight excluding hydrogens is 286 g/mol. The number of nitrogens with two attached hydrogens (primary N) is 2. The summed E-state index contributed by atoms with van der Waals surface area (Å²) in [4.78, 5) is 0.